The lowest BCUT2D eigenvalue weighted by molar-refractivity contribution is -0.0517. The van der Waals surface area contributed by atoms with Crippen LogP contribution in [0.1, 0.15) is 40.0 Å². The van der Waals surface area contributed by atoms with Crippen molar-refractivity contribution in [3.63, 3.8) is 0 Å². The molecule has 0 aromatic carbocycles. The maximum absolute atomic E-state index is 9.12. The Kier molecular flexibility index (Phi) is 6.57. The van der Waals surface area contributed by atoms with E-state index in [2.05, 4.69) is 20.8 Å². The molecule has 1 saturated heterocycles. The molecule has 1 fully saturated rings. The number of ether oxygens (including phenoxy) is 3. The highest BCUT2D eigenvalue weighted by molar-refractivity contribution is 4.85. The van der Waals surface area contributed by atoms with Crippen LogP contribution in [-0.2, 0) is 14.2 Å². The molecule has 4 nitrogen and oxygen atoms in total. The normalized spacial score (nSPS) is 28.8. The Bertz CT molecular complexity index is 224. The van der Waals surface area contributed by atoms with E-state index in [9.17, 15) is 0 Å². The van der Waals surface area contributed by atoms with Crippen molar-refractivity contribution in [2.45, 2.75) is 58.3 Å². The fourth-order valence-corrected chi connectivity index (χ4v) is 2.24. The lowest BCUT2D eigenvalue weighted by Crippen LogP contribution is -2.36. The predicted molar refractivity (Wildman–Crippen MR) is 70.7 cm³/mol. The van der Waals surface area contributed by atoms with Gasteiger partial charge in [-0.05, 0) is 18.3 Å². The highest BCUT2D eigenvalue weighted by Crippen LogP contribution is 2.23. The fraction of sp³-hybridized carbons (Fsp3) is 1.00. The van der Waals surface area contributed by atoms with E-state index in [0.717, 1.165) is 13.0 Å². The molecule has 1 heterocycles. The summed E-state index contributed by atoms with van der Waals surface area (Å²) < 4.78 is 16.6. The molecule has 1 aliphatic heterocycles. The summed E-state index contributed by atoms with van der Waals surface area (Å²) in [6.07, 6.45) is 3.03. The molecule has 0 spiro atoms. The minimum Gasteiger partial charge on any atom is -0.394 e. The van der Waals surface area contributed by atoms with Gasteiger partial charge in [0.25, 0.3) is 0 Å². The van der Waals surface area contributed by atoms with Crippen LogP contribution in [0.5, 0.6) is 0 Å². The van der Waals surface area contributed by atoms with Crippen LogP contribution in [0.25, 0.3) is 0 Å². The molecular formula is C14H28O4. The number of methoxy groups -OCH3 is 1. The zero-order valence-corrected chi connectivity index (χ0v) is 12.1. The molecule has 0 saturated carbocycles. The first-order chi connectivity index (χ1) is 8.48. The Hall–Kier alpha value is -0.160. The molecule has 0 amide bonds. The molecule has 0 radical (unpaired) electrons. The van der Waals surface area contributed by atoms with E-state index in [1.165, 1.54) is 12.8 Å². The summed E-state index contributed by atoms with van der Waals surface area (Å²) in [5, 5.41) is 9.12. The number of hydrogen-bond acceptors (Lipinski definition) is 4. The minimum absolute atomic E-state index is 0.0115. The minimum atomic E-state index is -0.241. The van der Waals surface area contributed by atoms with Crippen molar-refractivity contribution >= 4 is 0 Å². The van der Waals surface area contributed by atoms with Crippen LogP contribution < -0.4 is 0 Å². The van der Waals surface area contributed by atoms with Crippen LogP contribution in [0.4, 0.5) is 0 Å². The molecule has 108 valence electrons. The summed E-state index contributed by atoms with van der Waals surface area (Å²) in [5.74, 6) is 0. The van der Waals surface area contributed by atoms with Crippen LogP contribution in [-0.4, -0.2) is 50.3 Å². The second kappa shape index (κ2) is 7.43. The van der Waals surface area contributed by atoms with Crippen molar-refractivity contribution in [1.29, 1.82) is 0 Å². The molecule has 3 unspecified atom stereocenters. The van der Waals surface area contributed by atoms with Gasteiger partial charge < -0.3 is 19.3 Å². The average Bonchev–Trinajstić information content (AvgIpc) is 2.69. The number of rotatable bonds is 7. The molecule has 0 aliphatic carbocycles. The van der Waals surface area contributed by atoms with Gasteiger partial charge in [0.05, 0.1) is 13.2 Å². The second-order valence-electron chi connectivity index (χ2n) is 6.18. The summed E-state index contributed by atoms with van der Waals surface area (Å²) in [5.41, 5.74) is 0.396. The molecule has 4 heteroatoms. The Morgan fingerprint density at radius 1 is 1.28 bits per heavy atom. The van der Waals surface area contributed by atoms with Crippen LogP contribution in [0.15, 0.2) is 0 Å². The molecule has 0 bridgehead atoms. The van der Waals surface area contributed by atoms with Crippen LogP contribution in [0, 0.1) is 5.41 Å². The largest absolute Gasteiger partial charge is 0.394 e. The summed E-state index contributed by atoms with van der Waals surface area (Å²) >= 11 is 0. The van der Waals surface area contributed by atoms with Crippen molar-refractivity contribution in [3.8, 4) is 0 Å². The molecule has 0 aromatic heterocycles. The van der Waals surface area contributed by atoms with Gasteiger partial charge in [0, 0.05) is 13.7 Å². The number of aliphatic hydroxyl groups is 1. The fourth-order valence-electron chi connectivity index (χ4n) is 2.24. The SMILES string of the molecule is COC1C(CO)OCC1OCCCCC(C)(C)C. The third-order valence-corrected chi connectivity index (χ3v) is 3.31. The van der Waals surface area contributed by atoms with Gasteiger partial charge in [-0.2, -0.15) is 0 Å². The van der Waals surface area contributed by atoms with Crippen molar-refractivity contribution < 1.29 is 19.3 Å². The number of aliphatic hydroxyl groups excluding tert-OH is 1. The quantitative estimate of drug-likeness (QED) is 0.711. The van der Waals surface area contributed by atoms with E-state index >= 15 is 0 Å². The van der Waals surface area contributed by atoms with E-state index in [1.54, 1.807) is 7.11 Å². The van der Waals surface area contributed by atoms with Crippen molar-refractivity contribution in [1.82, 2.24) is 0 Å². The zero-order valence-electron chi connectivity index (χ0n) is 12.1. The smallest absolute Gasteiger partial charge is 0.114 e. The van der Waals surface area contributed by atoms with Crippen LogP contribution >= 0.6 is 0 Å². The number of unbranched alkanes of at least 4 members (excludes halogenated alkanes) is 1. The van der Waals surface area contributed by atoms with Gasteiger partial charge in [-0.25, -0.2) is 0 Å². The van der Waals surface area contributed by atoms with E-state index in [1.807, 2.05) is 0 Å². The average molecular weight is 260 g/mol. The highest BCUT2D eigenvalue weighted by Gasteiger charge is 2.37. The second-order valence-corrected chi connectivity index (χ2v) is 6.18. The van der Waals surface area contributed by atoms with E-state index in [4.69, 9.17) is 19.3 Å². The Balaban J connectivity index is 2.16. The van der Waals surface area contributed by atoms with Gasteiger partial charge >= 0.3 is 0 Å². The molecular weight excluding hydrogens is 232 g/mol. The first-order valence-corrected chi connectivity index (χ1v) is 6.85. The molecule has 0 aromatic rings. The van der Waals surface area contributed by atoms with Gasteiger partial charge in [0.2, 0.25) is 0 Å². The summed E-state index contributed by atoms with van der Waals surface area (Å²) in [4.78, 5) is 0. The monoisotopic (exact) mass is 260 g/mol. The molecule has 3 atom stereocenters. The van der Waals surface area contributed by atoms with Crippen LogP contribution in [0.2, 0.25) is 0 Å². The van der Waals surface area contributed by atoms with Gasteiger partial charge in [0.1, 0.15) is 18.3 Å². The van der Waals surface area contributed by atoms with Gasteiger partial charge in [-0.3, -0.25) is 0 Å². The predicted octanol–water partition coefficient (Wildman–Crippen LogP) is 1.99. The zero-order chi connectivity index (χ0) is 13.6. The summed E-state index contributed by atoms with van der Waals surface area (Å²) in [6.45, 7) is 8.01. The first kappa shape index (κ1) is 15.9. The van der Waals surface area contributed by atoms with Crippen LogP contribution in [0.3, 0.4) is 0 Å². The lowest BCUT2D eigenvalue weighted by Gasteiger charge is -2.21. The van der Waals surface area contributed by atoms with E-state index in [-0.39, 0.29) is 24.9 Å². The lowest BCUT2D eigenvalue weighted by atomic mass is 9.90. The van der Waals surface area contributed by atoms with Crippen molar-refractivity contribution in [3.05, 3.63) is 0 Å². The summed E-state index contributed by atoms with van der Waals surface area (Å²) in [7, 11) is 1.64. The topological polar surface area (TPSA) is 47.9 Å². The third kappa shape index (κ3) is 5.22. The first-order valence-electron chi connectivity index (χ1n) is 6.85. The maximum atomic E-state index is 9.12. The Morgan fingerprint density at radius 2 is 2.00 bits per heavy atom. The third-order valence-electron chi connectivity index (χ3n) is 3.31. The molecule has 18 heavy (non-hydrogen) atoms. The van der Waals surface area contributed by atoms with Gasteiger partial charge in [-0.15, -0.1) is 0 Å². The summed E-state index contributed by atoms with van der Waals surface area (Å²) in [6, 6.07) is 0. The maximum Gasteiger partial charge on any atom is 0.114 e. The van der Waals surface area contributed by atoms with Crippen molar-refractivity contribution in [2.75, 3.05) is 26.9 Å². The Morgan fingerprint density at radius 3 is 2.56 bits per heavy atom. The van der Waals surface area contributed by atoms with Gasteiger partial charge in [-0.1, -0.05) is 27.2 Å². The van der Waals surface area contributed by atoms with Crippen molar-refractivity contribution in [2.24, 2.45) is 5.41 Å². The molecule has 1 rings (SSSR count). The highest BCUT2D eigenvalue weighted by atomic mass is 16.6. The molecule has 1 aliphatic rings. The van der Waals surface area contributed by atoms with Gasteiger partial charge in [0.15, 0.2) is 0 Å². The number of hydrogen-bond donors (Lipinski definition) is 1. The van der Waals surface area contributed by atoms with E-state index < -0.39 is 0 Å². The molecule has 1 N–H and O–H groups in total. The Labute approximate surface area is 111 Å². The van der Waals surface area contributed by atoms with E-state index in [0.29, 0.717) is 12.0 Å². The standard InChI is InChI=1S/C14H28O4/c1-14(2,3)7-5-6-8-17-12-10-18-11(9-15)13(12)16-4/h11-13,15H,5-10H2,1-4H3.